The molecule has 2 N–H and O–H groups in total. The van der Waals surface area contributed by atoms with Crippen molar-refractivity contribution < 1.29 is 19.4 Å². The van der Waals surface area contributed by atoms with Crippen molar-refractivity contribution in [1.82, 2.24) is 5.32 Å². The molecule has 6 heteroatoms. The summed E-state index contributed by atoms with van der Waals surface area (Å²) in [5.74, 6) is -1.09. The van der Waals surface area contributed by atoms with E-state index in [0.29, 0.717) is 0 Å². The minimum atomic E-state index is -1.09. The molecule has 0 radical (unpaired) electrons. The zero-order valence-electron chi connectivity index (χ0n) is 13.7. The molecule has 0 aliphatic heterocycles. The highest BCUT2D eigenvalue weighted by Crippen LogP contribution is 2.14. The first-order chi connectivity index (χ1) is 10.1. The van der Waals surface area contributed by atoms with E-state index in [2.05, 4.69) is 5.32 Å². The van der Waals surface area contributed by atoms with Crippen LogP contribution >= 0.6 is 0 Å². The van der Waals surface area contributed by atoms with Crippen LogP contribution in [0.3, 0.4) is 0 Å². The van der Waals surface area contributed by atoms with Crippen LogP contribution in [0.4, 0.5) is 10.5 Å². The summed E-state index contributed by atoms with van der Waals surface area (Å²) in [4.78, 5) is 25.0. The van der Waals surface area contributed by atoms with Crippen LogP contribution in [0, 0.1) is 0 Å². The molecule has 0 saturated heterocycles. The van der Waals surface area contributed by atoms with Gasteiger partial charge in [-0.05, 0) is 38.5 Å². The topological polar surface area (TPSA) is 78.9 Å². The Morgan fingerprint density at radius 2 is 1.77 bits per heavy atom. The molecule has 0 heterocycles. The molecule has 0 bridgehead atoms. The first-order valence-electron chi connectivity index (χ1n) is 7.07. The van der Waals surface area contributed by atoms with Gasteiger partial charge in [-0.25, -0.2) is 9.59 Å². The Labute approximate surface area is 131 Å². The first-order valence-corrected chi connectivity index (χ1v) is 7.07. The van der Waals surface area contributed by atoms with Crippen molar-refractivity contribution >= 4 is 17.7 Å². The lowest BCUT2D eigenvalue weighted by atomic mass is 10.1. The Kier molecular flexibility index (Phi) is 5.79. The largest absolute Gasteiger partial charge is 0.480 e. The number of hydrogen-bond donors (Lipinski definition) is 2. The van der Waals surface area contributed by atoms with Crippen molar-refractivity contribution in [3.05, 3.63) is 29.8 Å². The van der Waals surface area contributed by atoms with E-state index in [1.54, 1.807) is 20.8 Å². The number of carbonyl (C=O) groups is 2. The van der Waals surface area contributed by atoms with Gasteiger partial charge in [-0.2, -0.15) is 0 Å². The second-order valence-corrected chi connectivity index (χ2v) is 6.30. The van der Waals surface area contributed by atoms with Gasteiger partial charge >= 0.3 is 12.1 Å². The number of nitrogens with zero attached hydrogens (tertiary/aromatic N) is 1. The Bertz CT molecular complexity index is 518. The maximum absolute atomic E-state index is 11.7. The first kappa shape index (κ1) is 17.8. The number of amides is 1. The van der Waals surface area contributed by atoms with Gasteiger partial charge in [0.15, 0.2) is 0 Å². The van der Waals surface area contributed by atoms with Gasteiger partial charge < -0.3 is 20.1 Å². The van der Waals surface area contributed by atoms with E-state index < -0.39 is 23.7 Å². The molecule has 22 heavy (non-hydrogen) atoms. The van der Waals surface area contributed by atoms with E-state index in [-0.39, 0.29) is 6.42 Å². The second kappa shape index (κ2) is 7.15. The number of nitrogens with one attached hydrogen (secondary N) is 1. The third-order valence-corrected chi connectivity index (χ3v) is 2.88. The van der Waals surface area contributed by atoms with Crippen molar-refractivity contribution in [2.24, 2.45) is 0 Å². The zero-order valence-corrected chi connectivity index (χ0v) is 13.7. The van der Waals surface area contributed by atoms with E-state index in [0.717, 1.165) is 11.3 Å². The molecule has 0 aliphatic rings. The van der Waals surface area contributed by atoms with Crippen molar-refractivity contribution in [2.75, 3.05) is 19.0 Å². The molecule has 1 amide bonds. The summed E-state index contributed by atoms with van der Waals surface area (Å²) in [7, 11) is 3.86. The highest BCUT2D eigenvalue weighted by Gasteiger charge is 2.24. The molecule has 6 nitrogen and oxygen atoms in total. The van der Waals surface area contributed by atoms with Gasteiger partial charge in [0.25, 0.3) is 0 Å². The van der Waals surface area contributed by atoms with E-state index >= 15 is 0 Å². The molecular weight excluding hydrogens is 284 g/mol. The fourth-order valence-electron chi connectivity index (χ4n) is 1.82. The fourth-order valence-corrected chi connectivity index (χ4v) is 1.82. The van der Waals surface area contributed by atoms with Gasteiger partial charge in [0.05, 0.1) is 0 Å². The highest BCUT2D eigenvalue weighted by atomic mass is 16.6. The summed E-state index contributed by atoms with van der Waals surface area (Å²) < 4.78 is 5.09. The summed E-state index contributed by atoms with van der Waals surface area (Å²) in [6, 6.07) is 6.48. The lowest BCUT2D eigenvalue weighted by molar-refractivity contribution is -0.139. The third-order valence-electron chi connectivity index (χ3n) is 2.88. The van der Waals surface area contributed by atoms with E-state index in [1.165, 1.54) is 0 Å². The van der Waals surface area contributed by atoms with Crippen LogP contribution in [0.1, 0.15) is 26.3 Å². The molecule has 0 aromatic heterocycles. The molecule has 1 aromatic carbocycles. The number of anilines is 1. The number of carboxylic acid groups (broad SMARTS) is 1. The van der Waals surface area contributed by atoms with Gasteiger partial charge in [0.2, 0.25) is 0 Å². The molecule has 122 valence electrons. The van der Waals surface area contributed by atoms with Gasteiger partial charge in [-0.3, -0.25) is 0 Å². The summed E-state index contributed by atoms with van der Waals surface area (Å²) in [5.41, 5.74) is 1.19. The predicted molar refractivity (Wildman–Crippen MR) is 85.3 cm³/mol. The smallest absolute Gasteiger partial charge is 0.408 e. The minimum absolute atomic E-state index is 0.197. The summed E-state index contributed by atoms with van der Waals surface area (Å²) in [5, 5.41) is 11.6. The molecule has 1 aromatic rings. The number of ether oxygens (including phenoxy) is 1. The maximum atomic E-state index is 11.7. The number of rotatable bonds is 5. The van der Waals surface area contributed by atoms with Crippen LogP contribution in [-0.2, 0) is 16.0 Å². The number of hydrogen-bond acceptors (Lipinski definition) is 4. The molecular formula is C16H24N2O4. The molecule has 0 saturated carbocycles. The highest BCUT2D eigenvalue weighted by molar-refractivity contribution is 5.80. The van der Waals surface area contributed by atoms with Gasteiger partial charge in [-0.1, -0.05) is 12.1 Å². The third kappa shape index (κ3) is 6.03. The number of carboxylic acids is 1. The molecule has 0 aliphatic carbocycles. The monoisotopic (exact) mass is 308 g/mol. The van der Waals surface area contributed by atoms with Gasteiger partial charge in [0, 0.05) is 26.2 Å². The van der Waals surface area contributed by atoms with Crippen molar-refractivity contribution in [2.45, 2.75) is 38.8 Å². The second-order valence-electron chi connectivity index (χ2n) is 6.30. The zero-order chi connectivity index (χ0) is 16.9. The summed E-state index contributed by atoms with van der Waals surface area (Å²) in [6.45, 7) is 5.17. The van der Waals surface area contributed by atoms with E-state index in [9.17, 15) is 14.7 Å². The fraction of sp³-hybridized carbons (Fsp3) is 0.500. The van der Waals surface area contributed by atoms with Crippen LogP contribution in [0.5, 0.6) is 0 Å². The SMILES string of the molecule is CN(C)c1ccc(CC(NC(=O)OC(C)(C)C)C(=O)O)cc1. The number of alkyl carbamates (subject to hydrolysis) is 1. The van der Waals surface area contributed by atoms with Crippen LogP contribution in [-0.4, -0.2) is 42.9 Å². The number of benzene rings is 1. The molecule has 0 fully saturated rings. The Hall–Kier alpha value is -2.24. The van der Waals surface area contributed by atoms with Gasteiger partial charge in [0.1, 0.15) is 11.6 Å². The average molecular weight is 308 g/mol. The van der Waals surface area contributed by atoms with Crippen LogP contribution in [0.25, 0.3) is 0 Å². The van der Waals surface area contributed by atoms with E-state index in [4.69, 9.17) is 4.74 Å². The maximum Gasteiger partial charge on any atom is 0.408 e. The van der Waals surface area contributed by atoms with Crippen molar-refractivity contribution in [3.8, 4) is 0 Å². The Morgan fingerprint density at radius 3 is 2.18 bits per heavy atom. The normalized spacial score (nSPS) is 12.4. The lowest BCUT2D eigenvalue weighted by Crippen LogP contribution is -2.44. The summed E-state index contributed by atoms with van der Waals surface area (Å²) in [6.07, 6.45) is -0.535. The Balaban J connectivity index is 2.72. The number of carbonyl (C=O) groups excluding carboxylic acids is 1. The summed E-state index contributed by atoms with van der Waals surface area (Å²) >= 11 is 0. The molecule has 1 atom stereocenters. The molecule has 1 unspecified atom stereocenters. The lowest BCUT2D eigenvalue weighted by Gasteiger charge is -2.22. The predicted octanol–water partition coefficient (Wildman–Crippen LogP) is 2.27. The van der Waals surface area contributed by atoms with Crippen LogP contribution in [0.15, 0.2) is 24.3 Å². The average Bonchev–Trinajstić information content (AvgIpc) is 2.36. The van der Waals surface area contributed by atoms with E-state index in [1.807, 2.05) is 43.3 Å². The molecule has 1 rings (SSSR count). The number of aliphatic carboxylic acids is 1. The quantitative estimate of drug-likeness (QED) is 0.872. The van der Waals surface area contributed by atoms with Crippen molar-refractivity contribution in [1.29, 1.82) is 0 Å². The standard InChI is InChI=1S/C16H24N2O4/c1-16(2,3)22-15(21)17-13(14(19)20)10-11-6-8-12(9-7-11)18(4)5/h6-9,13H,10H2,1-5H3,(H,17,21)(H,19,20). The Morgan fingerprint density at radius 1 is 1.23 bits per heavy atom. The van der Waals surface area contributed by atoms with Crippen LogP contribution in [0.2, 0.25) is 0 Å². The van der Waals surface area contributed by atoms with Gasteiger partial charge in [-0.15, -0.1) is 0 Å². The minimum Gasteiger partial charge on any atom is -0.480 e. The van der Waals surface area contributed by atoms with Crippen LogP contribution < -0.4 is 10.2 Å². The van der Waals surface area contributed by atoms with Crippen molar-refractivity contribution in [3.63, 3.8) is 0 Å². The molecule has 0 spiro atoms.